The van der Waals surface area contributed by atoms with Gasteiger partial charge in [-0.15, -0.1) is 0 Å². The molecule has 3 aromatic rings. The van der Waals surface area contributed by atoms with E-state index in [0.717, 1.165) is 17.2 Å². The molecule has 4 rings (SSSR count). The van der Waals surface area contributed by atoms with Crippen LogP contribution >= 0.6 is 11.6 Å². The van der Waals surface area contributed by atoms with Crippen LogP contribution in [0.1, 0.15) is 21.5 Å². The second-order valence-electron chi connectivity index (χ2n) is 7.35. The number of aryl methyl sites for hydroxylation is 2. The van der Waals surface area contributed by atoms with Gasteiger partial charge in [0.05, 0.1) is 21.6 Å². The molecule has 0 saturated carbocycles. The Morgan fingerprint density at radius 2 is 1.97 bits per heavy atom. The topological polar surface area (TPSA) is 87.5 Å². The van der Waals surface area contributed by atoms with Crippen LogP contribution in [0.3, 0.4) is 0 Å². The molecule has 1 aliphatic rings. The average Bonchev–Trinajstić information content (AvgIpc) is 2.70. The molecule has 1 saturated heterocycles. The Kier molecular flexibility index (Phi) is 5.21. The summed E-state index contributed by atoms with van der Waals surface area (Å²) < 4.78 is 16.6. The van der Waals surface area contributed by atoms with Crippen LogP contribution < -0.4 is 15.6 Å². The highest BCUT2D eigenvalue weighted by Gasteiger charge is 2.25. The number of anilines is 1. The summed E-state index contributed by atoms with van der Waals surface area (Å²) in [7, 11) is 0. The van der Waals surface area contributed by atoms with Crippen LogP contribution in [-0.2, 0) is 0 Å². The molecule has 0 atom stereocenters. The summed E-state index contributed by atoms with van der Waals surface area (Å²) in [5.41, 5.74) is 0.868. The molecule has 0 radical (unpaired) electrons. The summed E-state index contributed by atoms with van der Waals surface area (Å²) in [5, 5.41) is 12.7. The molecule has 0 unspecified atom stereocenters. The lowest BCUT2D eigenvalue weighted by Gasteiger charge is -2.31. The fraction of sp³-hybridized carbons (Fsp3) is 0.286. The van der Waals surface area contributed by atoms with Crippen molar-refractivity contribution in [3.8, 4) is 5.82 Å². The lowest BCUT2D eigenvalue weighted by atomic mass is 10.1. The summed E-state index contributed by atoms with van der Waals surface area (Å²) in [6.07, 6.45) is 2.85. The van der Waals surface area contributed by atoms with E-state index in [1.54, 1.807) is 6.20 Å². The normalized spacial score (nSPS) is 14.3. The van der Waals surface area contributed by atoms with E-state index in [1.807, 2.05) is 24.8 Å². The number of carbonyl (C=O) groups is 1. The Labute approximate surface area is 176 Å². The molecule has 30 heavy (non-hydrogen) atoms. The van der Waals surface area contributed by atoms with E-state index in [4.69, 9.17) is 11.6 Å². The minimum Gasteiger partial charge on any atom is -0.477 e. The van der Waals surface area contributed by atoms with Crippen LogP contribution in [0.5, 0.6) is 0 Å². The standard InChI is InChI=1S/C21H20ClFN4O3/c1-11-7-12(2)20(25-9-11)27-10-14(21(29)30)19(28)13-8-15(23)18(16(22)17(13)27)26-5-3-24-4-6-26/h7-10,24H,3-6H2,1-2H3,(H,29,30). The van der Waals surface area contributed by atoms with E-state index in [2.05, 4.69) is 10.3 Å². The fourth-order valence-electron chi connectivity index (χ4n) is 3.86. The van der Waals surface area contributed by atoms with Gasteiger partial charge in [0, 0.05) is 38.6 Å². The highest BCUT2D eigenvalue weighted by atomic mass is 35.5. The number of aromatic nitrogens is 2. The molecule has 1 fully saturated rings. The van der Waals surface area contributed by atoms with Gasteiger partial charge in [-0.2, -0.15) is 0 Å². The molecule has 0 spiro atoms. The van der Waals surface area contributed by atoms with Crippen molar-refractivity contribution >= 4 is 34.2 Å². The first-order valence-electron chi connectivity index (χ1n) is 9.49. The van der Waals surface area contributed by atoms with Crippen molar-refractivity contribution in [3.63, 3.8) is 0 Å². The predicted molar refractivity (Wildman–Crippen MR) is 114 cm³/mol. The SMILES string of the molecule is Cc1cnc(-n2cc(C(=O)O)c(=O)c3cc(F)c(N4CCNCC4)c(Cl)c32)c(C)c1. The number of hydrogen-bond donors (Lipinski definition) is 2. The van der Waals surface area contributed by atoms with Crippen molar-refractivity contribution < 1.29 is 14.3 Å². The first-order chi connectivity index (χ1) is 14.3. The van der Waals surface area contributed by atoms with E-state index in [9.17, 15) is 14.7 Å². The zero-order valence-corrected chi connectivity index (χ0v) is 17.3. The first kappa shape index (κ1) is 20.3. The number of nitrogens with one attached hydrogen (secondary N) is 1. The lowest BCUT2D eigenvalue weighted by Crippen LogP contribution is -2.44. The zero-order valence-electron chi connectivity index (χ0n) is 16.5. The third-order valence-electron chi connectivity index (χ3n) is 5.24. The van der Waals surface area contributed by atoms with E-state index in [1.165, 1.54) is 10.8 Å². The summed E-state index contributed by atoms with van der Waals surface area (Å²) in [4.78, 5) is 30.8. The van der Waals surface area contributed by atoms with Crippen molar-refractivity contribution in [3.05, 3.63) is 62.3 Å². The number of halogens is 2. The summed E-state index contributed by atoms with van der Waals surface area (Å²) in [6.45, 7) is 6.19. The Balaban J connectivity index is 2.12. The number of aromatic carboxylic acids is 1. The molecule has 7 nitrogen and oxygen atoms in total. The van der Waals surface area contributed by atoms with Crippen LogP contribution in [0.15, 0.2) is 29.3 Å². The summed E-state index contributed by atoms with van der Waals surface area (Å²) >= 11 is 6.69. The van der Waals surface area contributed by atoms with Crippen molar-refractivity contribution in [1.29, 1.82) is 0 Å². The molecule has 156 valence electrons. The number of nitrogens with zero attached hydrogens (tertiary/aromatic N) is 3. The Hall–Kier alpha value is -2.97. The number of pyridine rings is 2. The Morgan fingerprint density at radius 1 is 1.27 bits per heavy atom. The summed E-state index contributed by atoms with van der Waals surface area (Å²) in [5.74, 6) is -1.63. The maximum absolute atomic E-state index is 15.1. The Bertz CT molecular complexity index is 1240. The van der Waals surface area contributed by atoms with Crippen molar-refractivity contribution in [2.45, 2.75) is 13.8 Å². The van der Waals surface area contributed by atoms with Crippen molar-refractivity contribution in [2.24, 2.45) is 0 Å². The van der Waals surface area contributed by atoms with Gasteiger partial charge in [-0.25, -0.2) is 14.2 Å². The average molecular weight is 431 g/mol. The van der Waals surface area contributed by atoms with E-state index < -0.39 is 22.8 Å². The second-order valence-corrected chi connectivity index (χ2v) is 7.73. The van der Waals surface area contributed by atoms with Crippen LogP contribution in [0.2, 0.25) is 5.02 Å². The maximum Gasteiger partial charge on any atom is 0.341 e. The molecule has 1 aliphatic heterocycles. The number of carboxylic acid groups (broad SMARTS) is 1. The van der Waals surface area contributed by atoms with Crippen LogP contribution in [0.4, 0.5) is 10.1 Å². The number of carboxylic acids is 1. The highest BCUT2D eigenvalue weighted by Crippen LogP contribution is 2.37. The molecule has 9 heteroatoms. The fourth-order valence-corrected chi connectivity index (χ4v) is 4.27. The molecular formula is C21H20ClFN4O3. The van der Waals surface area contributed by atoms with Gasteiger partial charge in [0.25, 0.3) is 0 Å². The van der Waals surface area contributed by atoms with Crippen LogP contribution in [-0.4, -0.2) is 46.8 Å². The highest BCUT2D eigenvalue weighted by molar-refractivity contribution is 6.38. The smallest absolute Gasteiger partial charge is 0.341 e. The minimum absolute atomic E-state index is 0.0581. The second kappa shape index (κ2) is 7.70. The minimum atomic E-state index is -1.40. The third kappa shape index (κ3) is 3.32. The third-order valence-corrected chi connectivity index (χ3v) is 5.59. The van der Waals surface area contributed by atoms with Gasteiger partial charge in [-0.3, -0.25) is 9.36 Å². The van der Waals surface area contributed by atoms with Gasteiger partial charge in [0.1, 0.15) is 17.2 Å². The van der Waals surface area contributed by atoms with Gasteiger partial charge in [-0.1, -0.05) is 17.7 Å². The number of fused-ring (bicyclic) bond motifs is 1. The van der Waals surface area contributed by atoms with E-state index in [-0.39, 0.29) is 21.6 Å². The van der Waals surface area contributed by atoms with Crippen molar-refractivity contribution in [1.82, 2.24) is 14.9 Å². The maximum atomic E-state index is 15.1. The van der Waals surface area contributed by atoms with Gasteiger partial charge in [0.15, 0.2) is 0 Å². The largest absolute Gasteiger partial charge is 0.477 e. The number of benzene rings is 1. The molecular weight excluding hydrogens is 411 g/mol. The van der Waals surface area contributed by atoms with E-state index >= 15 is 4.39 Å². The first-order valence-corrected chi connectivity index (χ1v) is 9.87. The number of rotatable bonds is 3. The molecule has 0 amide bonds. The van der Waals surface area contributed by atoms with Gasteiger partial charge < -0.3 is 15.3 Å². The molecule has 2 aromatic heterocycles. The molecule has 0 aliphatic carbocycles. The van der Waals surface area contributed by atoms with Crippen LogP contribution in [0, 0.1) is 19.7 Å². The molecule has 1 aromatic carbocycles. The van der Waals surface area contributed by atoms with Gasteiger partial charge in [0.2, 0.25) is 5.43 Å². The molecule has 2 N–H and O–H groups in total. The van der Waals surface area contributed by atoms with Gasteiger partial charge >= 0.3 is 5.97 Å². The molecule has 0 bridgehead atoms. The van der Waals surface area contributed by atoms with E-state index in [0.29, 0.717) is 32.0 Å². The van der Waals surface area contributed by atoms with Crippen molar-refractivity contribution in [2.75, 3.05) is 31.1 Å². The summed E-state index contributed by atoms with van der Waals surface area (Å²) in [6, 6.07) is 2.97. The number of hydrogen-bond acceptors (Lipinski definition) is 5. The quantitative estimate of drug-likeness (QED) is 0.664. The lowest BCUT2D eigenvalue weighted by molar-refractivity contribution is 0.0695. The Morgan fingerprint density at radius 3 is 2.60 bits per heavy atom. The zero-order chi connectivity index (χ0) is 21.6. The molecule has 3 heterocycles. The number of piperazine rings is 1. The van der Waals surface area contributed by atoms with Gasteiger partial charge in [-0.05, 0) is 31.0 Å². The van der Waals surface area contributed by atoms with Crippen LogP contribution in [0.25, 0.3) is 16.7 Å². The monoisotopic (exact) mass is 430 g/mol. The predicted octanol–water partition coefficient (Wildman–Crippen LogP) is 2.90.